The van der Waals surface area contributed by atoms with Gasteiger partial charge in [-0.25, -0.2) is 0 Å². The second kappa shape index (κ2) is 9.84. The minimum absolute atomic E-state index is 0.340. The number of allylic oxidation sites excluding steroid dienone is 1. The van der Waals surface area contributed by atoms with Crippen molar-refractivity contribution in [2.24, 2.45) is 5.92 Å². The summed E-state index contributed by atoms with van der Waals surface area (Å²) in [6, 6.07) is 25.1. The highest BCUT2D eigenvalue weighted by Gasteiger charge is 2.24. The Hall–Kier alpha value is -3.04. The van der Waals surface area contributed by atoms with Gasteiger partial charge in [0.05, 0.1) is 0 Å². The zero-order chi connectivity index (χ0) is 22.6. The van der Waals surface area contributed by atoms with E-state index in [1.807, 2.05) is 12.1 Å². The van der Waals surface area contributed by atoms with Crippen molar-refractivity contribution in [3.63, 3.8) is 0 Å². The molecule has 1 saturated heterocycles. The molecule has 3 aromatic rings. The van der Waals surface area contributed by atoms with E-state index in [0.717, 1.165) is 44.1 Å². The lowest BCUT2D eigenvalue weighted by atomic mass is 9.88. The van der Waals surface area contributed by atoms with E-state index >= 15 is 0 Å². The van der Waals surface area contributed by atoms with E-state index in [1.165, 1.54) is 52.9 Å². The third-order valence-electron chi connectivity index (χ3n) is 7.08. The van der Waals surface area contributed by atoms with Crippen LogP contribution in [-0.2, 0) is 6.42 Å². The van der Waals surface area contributed by atoms with Crippen molar-refractivity contribution < 1.29 is 9.84 Å². The Bertz CT molecular complexity index is 1110. The molecule has 3 heteroatoms. The third kappa shape index (κ3) is 4.84. The predicted molar refractivity (Wildman–Crippen MR) is 136 cm³/mol. The lowest BCUT2D eigenvalue weighted by molar-refractivity contribution is 0.0806. The van der Waals surface area contributed by atoms with E-state index in [1.54, 1.807) is 0 Å². The second-order valence-electron chi connectivity index (χ2n) is 9.32. The van der Waals surface area contributed by atoms with E-state index in [2.05, 4.69) is 72.5 Å². The molecular weight excluding hydrogens is 406 g/mol. The minimum atomic E-state index is 0.340. The van der Waals surface area contributed by atoms with Gasteiger partial charge in [0, 0.05) is 19.6 Å². The Kier molecular flexibility index (Phi) is 6.50. The fourth-order valence-electron chi connectivity index (χ4n) is 5.16. The molecule has 1 N–H and O–H groups in total. The van der Waals surface area contributed by atoms with Gasteiger partial charge in [0.2, 0.25) is 0 Å². The van der Waals surface area contributed by atoms with E-state index < -0.39 is 0 Å². The number of nitrogens with zero attached hydrogens (tertiary/aromatic N) is 1. The summed E-state index contributed by atoms with van der Waals surface area (Å²) in [6.07, 6.45) is 4.34. The molecule has 0 amide bonds. The molecule has 0 unspecified atom stereocenters. The highest BCUT2D eigenvalue weighted by atomic mass is 16.5. The SMILES string of the molecule is CCC1CN(CCOc2ccc(C3=C(c4ccccc4)CCCc4cc(O)ccc43)cc2)C1. The van der Waals surface area contributed by atoms with Crippen molar-refractivity contribution in [2.45, 2.75) is 32.6 Å². The molecule has 0 aromatic heterocycles. The zero-order valence-corrected chi connectivity index (χ0v) is 19.5. The maximum Gasteiger partial charge on any atom is 0.119 e. The lowest BCUT2D eigenvalue weighted by Gasteiger charge is -2.38. The summed E-state index contributed by atoms with van der Waals surface area (Å²) in [5, 5.41) is 10.1. The van der Waals surface area contributed by atoms with Gasteiger partial charge in [0.1, 0.15) is 18.1 Å². The van der Waals surface area contributed by atoms with Gasteiger partial charge >= 0.3 is 0 Å². The van der Waals surface area contributed by atoms with Crippen molar-refractivity contribution in [1.82, 2.24) is 4.90 Å². The minimum Gasteiger partial charge on any atom is -0.508 e. The monoisotopic (exact) mass is 439 g/mol. The van der Waals surface area contributed by atoms with Gasteiger partial charge in [-0.15, -0.1) is 0 Å². The molecule has 0 radical (unpaired) electrons. The molecule has 33 heavy (non-hydrogen) atoms. The van der Waals surface area contributed by atoms with Gasteiger partial charge in [-0.2, -0.15) is 0 Å². The normalized spacial score (nSPS) is 16.8. The summed E-state index contributed by atoms with van der Waals surface area (Å²) in [5.41, 5.74) is 7.55. The lowest BCUT2D eigenvalue weighted by Crippen LogP contribution is -2.47. The predicted octanol–water partition coefficient (Wildman–Crippen LogP) is 6.41. The Labute approximate surface area is 197 Å². The first-order valence-electron chi connectivity index (χ1n) is 12.3. The Morgan fingerprint density at radius 2 is 1.70 bits per heavy atom. The molecule has 2 aliphatic rings. The second-order valence-corrected chi connectivity index (χ2v) is 9.32. The molecule has 1 aliphatic heterocycles. The van der Waals surface area contributed by atoms with Crippen LogP contribution in [0.2, 0.25) is 0 Å². The van der Waals surface area contributed by atoms with Crippen molar-refractivity contribution in [3.05, 3.63) is 95.1 Å². The van der Waals surface area contributed by atoms with Gasteiger partial charge in [0.25, 0.3) is 0 Å². The van der Waals surface area contributed by atoms with Crippen LogP contribution < -0.4 is 4.74 Å². The van der Waals surface area contributed by atoms with Crippen LogP contribution in [0.4, 0.5) is 0 Å². The van der Waals surface area contributed by atoms with Crippen LogP contribution >= 0.6 is 0 Å². The summed E-state index contributed by atoms with van der Waals surface area (Å²) in [4.78, 5) is 2.47. The molecule has 0 spiro atoms. The fraction of sp³-hybridized carbons (Fsp3) is 0.333. The number of benzene rings is 3. The zero-order valence-electron chi connectivity index (χ0n) is 19.5. The van der Waals surface area contributed by atoms with Crippen molar-refractivity contribution in [2.75, 3.05) is 26.2 Å². The molecule has 1 fully saturated rings. The number of hydrogen-bond acceptors (Lipinski definition) is 3. The highest BCUT2D eigenvalue weighted by molar-refractivity contribution is 6.00. The average molecular weight is 440 g/mol. The van der Waals surface area contributed by atoms with E-state index in [-0.39, 0.29) is 0 Å². The number of phenolic OH excluding ortho intramolecular Hbond substituents is 1. The summed E-state index contributed by atoms with van der Waals surface area (Å²) in [5.74, 6) is 2.14. The Balaban J connectivity index is 1.41. The Morgan fingerprint density at radius 3 is 2.45 bits per heavy atom. The molecule has 0 atom stereocenters. The molecule has 1 aliphatic carbocycles. The van der Waals surface area contributed by atoms with Crippen molar-refractivity contribution in [1.29, 1.82) is 0 Å². The first-order chi connectivity index (χ1) is 16.2. The molecule has 0 bridgehead atoms. The van der Waals surface area contributed by atoms with Gasteiger partial charge in [-0.1, -0.05) is 61.9 Å². The largest absolute Gasteiger partial charge is 0.508 e. The number of rotatable bonds is 7. The van der Waals surface area contributed by atoms with E-state index in [0.29, 0.717) is 5.75 Å². The summed E-state index contributed by atoms with van der Waals surface area (Å²) < 4.78 is 6.05. The first kappa shape index (κ1) is 21.8. The van der Waals surface area contributed by atoms with Crippen LogP contribution in [0.5, 0.6) is 11.5 Å². The van der Waals surface area contributed by atoms with Gasteiger partial charge in [-0.3, -0.25) is 4.90 Å². The average Bonchev–Trinajstić information content (AvgIpc) is 3.00. The number of fused-ring (bicyclic) bond motifs is 1. The van der Waals surface area contributed by atoms with E-state index in [4.69, 9.17) is 4.74 Å². The number of hydrogen-bond donors (Lipinski definition) is 1. The number of aromatic hydroxyl groups is 1. The summed E-state index contributed by atoms with van der Waals surface area (Å²) in [7, 11) is 0. The highest BCUT2D eigenvalue weighted by Crippen LogP contribution is 2.40. The van der Waals surface area contributed by atoms with Gasteiger partial charge < -0.3 is 9.84 Å². The van der Waals surface area contributed by atoms with Crippen LogP contribution in [0.25, 0.3) is 11.1 Å². The summed E-state index contributed by atoms with van der Waals surface area (Å²) >= 11 is 0. The number of phenols is 1. The first-order valence-corrected chi connectivity index (χ1v) is 12.3. The van der Waals surface area contributed by atoms with Crippen LogP contribution in [-0.4, -0.2) is 36.2 Å². The van der Waals surface area contributed by atoms with Crippen LogP contribution in [0.15, 0.2) is 72.8 Å². The van der Waals surface area contributed by atoms with Gasteiger partial charge in [0.15, 0.2) is 0 Å². The topological polar surface area (TPSA) is 32.7 Å². The molecule has 5 rings (SSSR count). The third-order valence-corrected chi connectivity index (χ3v) is 7.08. The van der Waals surface area contributed by atoms with Crippen LogP contribution in [0.3, 0.4) is 0 Å². The van der Waals surface area contributed by atoms with Crippen LogP contribution in [0.1, 0.15) is 48.4 Å². The van der Waals surface area contributed by atoms with Crippen LogP contribution in [0, 0.1) is 5.92 Å². The van der Waals surface area contributed by atoms with Crippen molar-refractivity contribution >= 4 is 11.1 Å². The van der Waals surface area contributed by atoms with Gasteiger partial charge in [-0.05, 0) is 82.8 Å². The quantitative estimate of drug-likeness (QED) is 0.462. The van der Waals surface area contributed by atoms with Crippen molar-refractivity contribution in [3.8, 4) is 11.5 Å². The maximum atomic E-state index is 10.1. The Morgan fingerprint density at radius 1 is 0.909 bits per heavy atom. The molecule has 0 saturated carbocycles. The number of ether oxygens (including phenoxy) is 1. The summed E-state index contributed by atoms with van der Waals surface area (Å²) in [6.45, 7) is 6.43. The molecule has 3 nitrogen and oxygen atoms in total. The number of aryl methyl sites for hydroxylation is 1. The maximum absolute atomic E-state index is 10.1. The molecule has 3 aromatic carbocycles. The molecular formula is C30H33NO2. The molecule has 170 valence electrons. The standard InChI is InChI=1S/C30H33NO2/c1-2-22-20-31(21-22)17-18-33-27-14-11-24(12-15-27)30-28(23-7-4-3-5-8-23)10-6-9-25-19-26(32)13-16-29(25)30/h3-5,7-8,11-16,19,22,32H,2,6,9-10,17-18,20-21H2,1H3. The molecule has 1 heterocycles. The fourth-order valence-corrected chi connectivity index (χ4v) is 5.16. The number of likely N-dealkylation sites (tertiary alicyclic amines) is 1. The van der Waals surface area contributed by atoms with E-state index in [9.17, 15) is 5.11 Å². The smallest absolute Gasteiger partial charge is 0.119 e.